The molecule has 0 heterocycles. The summed E-state index contributed by atoms with van der Waals surface area (Å²) >= 11 is 0. The van der Waals surface area contributed by atoms with Crippen molar-refractivity contribution in [3.05, 3.63) is 71.8 Å². The van der Waals surface area contributed by atoms with Gasteiger partial charge in [0, 0.05) is 11.1 Å². The minimum Gasteiger partial charge on any atom is -1.00 e. The first-order chi connectivity index (χ1) is 12.1. The average molecular weight is 418 g/mol. The lowest BCUT2D eigenvalue weighted by molar-refractivity contribution is -0.911. The van der Waals surface area contributed by atoms with Crippen LogP contribution >= 0.6 is 0 Å². The largest absolute Gasteiger partial charge is 1.00 e. The van der Waals surface area contributed by atoms with Crippen LogP contribution in [0.5, 0.6) is 0 Å². The van der Waals surface area contributed by atoms with Crippen LogP contribution < -0.4 is 17.0 Å². The smallest absolute Gasteiger partial charge is 0.224 e. The molecule has 0 aliphatic heterocycles. The van der Waals surface area contributed by atoms with Gasteiger partial charge in [0.15, 0.2) is 6.04 Å². The van der Waals surface area contributed by atoms with E-state index in [4.69, 9.17) is 0 Å². The lowest BCUT2D eigenvalue weighted by Crippen LogP contribution is -3.00. The molecule has 3 heteroatoms. The summed E-state index contributed by atoms with van der Waals surface area (Å²) in [7, 11) is 4.39. The molecule has 0 saturated heterocycles. The summed E-state index contributed by atoms with van der Waals surface area (Å²) in [6.07, 6.45) is 6.27. The Bertz CT molecular complexity index is 640. The van der Waals surface area contributed by atoms with Crippen molar-refractivity contribution in [2.75, 3.05) is 20.6 Å². The number of Topliss-reactive ketones (excluding diaryl/α,β-unsaturated/α-hetero) is 1. The monoisotopic (exact) mass is 417 g/mol. The van der Waals surface area contributed by atoms with E-state index in [1.54, 1.807) is 0 Å². The number of nitrogens with zero attached hydrogens (tertiary/aromatic N) is 1. The van der Waals surface area contributed by atoms with E-state index in [9.17, 15) is 4.79 Å². The van der Waals surface area contributed by atoms with Crippen molar-refractivity contribution in [2.45, 2.75) is 45.1 Å². The van der Waals surface area contributed by atoms with Crippen LogP contribution in [0.1, 0.15) is 61.0 Å². The second-order valence-corrected chi connectivity index (χ2v) is 7.46. The molecule has 2 nitrogen and oxygen atoms in total. The first-order valence-corrected chi connectivity index (χ1v) is 9.53. The average Bonchev–Trinajstić information content (AvgIpc) is 2.63. The summed E-state index contributed by atoms with van der Waals surface area (Å²) in [5.74, 6) is 0.213. The van der Waals surface area contributed by atoms with E-state index in [1.807, 2.05) is 48.5 Å². The van der Waals surface area contributed by atoms with Crippen LogP contribution in [-0.4, -0.2) is 30.9 Å². The second kappa shape index (κ2) is 11.3. The molecule has 0 aliphatic carbocycles. The molecule has 0 bridgehead atoms. The van der Waals surface area contributed by atoms with Gasteiger partial charge in [-0.3, -0.25) is 4.79 Å². The second-order valence-electron chi connectivity index (χ2n) is 7.46. The van der Waals surface area contributed by atoms with Gasteiger partial charge >= 0.3 is 0 Å². The van der Waals surface area contributed by atoms with Crippen LogP contribution in [0.3, 0.4) is 0 Å². The highest BCUT2D eigenvalue weighted by Crippen LogP contribution is 2.29. The summed E-state index contributed by atoms with van der Waals surface area (Å²) in [6.45, 7) is 3.26. The number of ketones is 1. The maximum atomic E-state index is 13.3. The van der Waals surface area contributed by atoms with E-state index in [0.717, 1.165) is 17.7 Å². The van der Waals surface area contributed by atoms with Crippen molar-refractivity contribution in [1.29, 1.82) is 0 Å². The molecule has 0 N–H and O–H groups in total. The highest BCUT2D eigenvalue weighted by Gasteiger charge is 2.36. The Morgan fingerprint density at radius 3 is 1.96 bits per heavy atom. The van der Waals surface area contributed by atoms with Gasteiger partial charge in [0.05, 0.1) is 20.6 Å². The van der Waals surface area contributed by atoms with Gasteiger partial charge in [-0.1, -0.05) is 86.8 Å². The number of halogens is 1. The first kappa shape index (κ1) is 22.6. The van der Waals surface area contributed by atoms with Gasteiger partial charge in [0.2, 0.25) is 5.78 Å². The molecule has 2 rings (SSSR count). The van der Waals surface area contributed by atoms with Crippen molar-refractivity contribution in [3.63, 3.8) is 0 Å². The number of benzene rings is 2. The van der Waals surface area contributed by atoms with E-state index >= 15 is 0 Å². The van der Waals surface area contributed by atoms with E-state index < -0.39 is 0 Å². The quantitative estimate of drug-likeness (QED) is 0.330. The minimum absolute atomic E-state index is 0. The molecule has 2 aromatic carbocycles. The molecule has 1 unspecified atom stereocenters. The summed E-state index contributed by atoms with van der Waals surface area (Å²) in [4.78, 5) is 13.3. The van der Waals surface area contributed by atoms with E-state index in [2.05, 4.69) is 33.2 Å². The van der Waals surface area contributed by atoms with Crippen LogP contribution in [0.2, 0.25) is 0 Å². The van der Waals surface area contributed by atoms with Crippen LogP contribution in [0.15, 0.2) is 60.7 Å². The predicted octanol–water partition coefficient (Wildman–Crippen LogP) is 2.66. The van der Waals surface area contributed by atoms with E-state index in [-0.39, 0.29) is 28.8 Å². The van der Waals surface area contributed by atoms with Crippen molar-refractivity contribution in [3.8, 4) is 0 Å². The Morgan fingerprint density at radius 2 is 1.38 bits per heavy atom. The molecule has 0 saturated carbocycles. The minimum atomic E-state index is -0.158. The van der Waals surface area contributed by atoms with Gasteiger partial charge in [-0.15, -0.1) is 0 Å². The van der Waals surface area contributed by atoms with Gasteiger partial charge in [-0.25, -0.2) is 0 Å². The molecule has 2 aromatic rings. The van der Waals surface area contributed by atoms with Crippen LogP contribution in [-0.2, 0) is 0 Å². The molecular weight excluding hydrogens is 386 g/mol. The molecule has 0 aliphatic rings. The van der Waals surface area contributed by atoms with Crippen molar-refractivity contribution in [1.82, 2.24) is 0 Å². The van der Waals surface area contributed by atoms with Gasteiger partial charge in [-0.2, -0.15) is 0 Å². The molecule has 0 fully saturated rings. The number of rotatable bonds is 10. The summed E-state index contributed by atoms with van der Waals surface area (Å²) in [5, 5.41) is 0. The number of carbonyl (C=O) groups excluding carboxylic acids is 1. The number of unbranched alkanes of at least 4 members (excludes halogenated alkanes) is 4. The maximum Gasteiger partial charge on any atom is 0.224 e. The van der Waals surface area contributed by atoms with Crippen LogP contribution in [0.4, 0.5) is 0 Å². The number of likely N-dealkylation sites (N-methyl/N-ethyl adjacent to an activating group) is 1. The summed E-state index contributed by atoms with van der Waals surface area (Å²) < 4.78 is 0.698. The third-order valence-corrected chi connectivity index (χ3v) is 4.96. The Hall–Kier alpha value is -1.45. The van der Waals surface area contributed by atoms with Crippen molar-refractivity contribution in [2.24, 2.45) is 0 Å². The van der Waals surface area contributed by atoms with Crippen LogP contribution in [0, 0.1) is 0 Å². The van der Waals surface area contributed by atoms with Gasteiger partial charge in [0.25, 0.3) is 0 Å². The number of hydrogen-bond acceptors (Lipinski definition) is 1. The molecule has 0 radical (unpaired) electrons. The molecule has 0 spiro atoms. The van der Waals surface area contributed by atoms with Crippen molar-refractivity contribution >= 4 is 5.78 Å². The third-order valence-electron chi connectivity index (χ3n) is 4.96. The number of quaternary nitrogens is 1. The topological polar surface area (TPSA) is 17.1 Å². The molecule has 142 valence electrons. The fourth-order valence-corrected chi connectivity index (χ4v) is 3.52. The lowest BCUT2D eigenvalue weighted by Gasteiger charge is -2.37. The van der Waals surface area contributed by atoms with Gasteiger partial charge in [0.1, 0.15) is 0 Å². The summed E-state index contributed by atoms with van der Waals surface area (Å²) in [6, 6.07) is 19.8. The fourth-order valence-electron chi connectivity index (χ4n) is 3.52. The van der Waals surface area contributed by atoms with Gasteiger partial charge in [-0.05, 0) is 12.8 Å². The van der Waals surface area contributed by atoms with E-state index in [1.165, 1.54) is 32.1 Å². The highest BCUT2D eigenvalue weighted by molar-refractivity contribution is 5.99. The third kappa shape index (κ3) is 6.37. The standard InChI is InChI=1S/C23H32NO.BrH/c1-4-5-6-7-14-19-24(2,3)22(20-15-10-8-11-16-20)23(25)21-17-12-9-13-18-21;/h8-13,15-18,22H,4-7,14,19H2,1-3H3;1H/q+1;/p-1. The molecule has 0 amide bonds. The molecule has 0 aromatic heterocycles. The Labute approximate surface area is 169 Å². The molecular formula is C23H32BrNO. The SMILES string of the molecule is CCCCCCC[N+](C)(C)C(C(=O)c1ccccc1)c1ccccc1.[Br-]. The summed E-state index contributed by atoms with van der Waals surface area (Å²) in [5.41, 5.74) is 1.91. The zero-order valence-electron chi connectivity index (χ0n) is 16.3. The van der Waals surface area contributed by atoms with Crippen LogP contribution in [0.25, 0.3) is 0 Å². The Balaban J connectivity index is 0.00000338. The molecule has 26 heavy (non-hydrogen) atoms. The lowest BCUT2D eigenvalue weighted by atomic mass is 9.94. The first-order valence-electron chi connectivity index (χ1n) is 9.53. The zero-order valence-corrected chi connectivity index (χ0v) is 17.9. The zero-order chi connectivity index (χ0) is 18.1. The normalized spacial score (nSPS) is 12.3. The van der Waals surface area contributed by atoms with E-state index in [0.29, 0.717) is 4.48 Å². The predicted molar refractivity (Wildman–Crippen MR) is 106 cm³/mol. The number of hydrogen-bond donors (Lipinski definition) is 0. The molecule has 1 atom stereocenters. The fraction of sp³-hybridized carbons (Fsp3) is 0.435. The number of carbonyl (C=O) groups is 1. The Morgan fingerprint density at radius 1 is 0.846 bits per heavy atom. The maximum absolute atomic E-state index is 13.3. The Kier molecular flexibility index (Phi) is 9.82. The van der Waals surface area contributed by atoms with Gasteiger partial charge < -0.3 is 21.5 Å². The van der Waals surface area contributed by atoms with Crippen molar-refractivity contribution < 1.29 is 26.3 Å². The highest BCUT2D eigenvalue weighted by atomic mass is 79.9.